The number of carbonyl (C=O) groups is 1. The molecule has 0 radical (unpaired) electrons. The molecule has 1 unspecified atom stereocenters. The van der Waals surface area contributed by atoms with Crippen LogP contribution in [0.1, 0.15) is 22.2 Å². The smallest absolute Gasteiger partial charge is 0.284 e. The number of aromatic nitrogens is 3. The first-order valence-corrected chi connectivity index (χ1v) is 9.46. The maximum Gasteiger partial charge on any atom is 0.284 e. The molecule has 2 heterocycles. The molecule has 11 heteroatoms. The second-order valence-electron chi connectivity index (χ2n) is 6.47. The van der Waals surface area contributed by atoms with E-state index in [1.54, 1.807) is 36.1 Å². The first-order chi connectivity index (χ1) is 13.9. The summed E-state index contributed by atoms with van der Waals surface area (Å²) in [5.41, 5.74) is 0.0387. The Morgan fingerprint density at radius 1 is 1.41 bits per heavy atom. The van der Waals surface area contributed by atoms with Gasteiger partial charge in [-0.25, -0.2) is 0 Å². The predicted molar refractivity (Wildman–Crippen MR) is 106 cm³/mol. The number of carbonyl (C=O) groups excluding carboxylic acids is 1. The van der Waals surface area contributed by atoms with Crippen LogP contribution in [0.4, 0.5) is 5.69 Å². The molecule has 0 aliphatic carbocycles. The van der Waals surface area contributed by atoms with E-state index in [1.807, 2.05) is 25.1 Å². The van der Waals surface area contributed by atoms with Gasteiger partial charge in [-0.05, 0) is 50.1 Å². The topological polar surface area (TPSA) is 119 Å². The van der Waals surface area contributed by atoms with Crippen LogP contribution in [0.2, 0.25) is 0 Å². The highest BCUT2D eigenvalue weighted by molar-refractivity contribution is 7.99. The number of likely N-dealkylation sites (N-methyl/N-ethyl adjacent to an activating group) is 1. The van der Waals surface area contributed by atoms with E-state index >= 15 is 0 Å². The standard InChI is InChI=1S/C18H20N6O4S/c1-22(2)14(15-5-4-8-28-15)10-19-17(25)12-6-7-16(13(9-12)24(26)27)29-18-21-20-11-23(18)3/h4-9,11,14H,10H2,1-3H3,(H,19,25). The molecule has 1 atom stereocenters. The molecule has 10 nitrogen and oxygen atoms in total. The second-order valence-corrected chi connectivity index (χ2v) is 7.48. The van der Waals surface area contributed by atoms with Crippen LogP contribution in [0.15, 0.2) is 57.4 Å². The Morgan fingerprint density at radius 3 is 2.79 bits per heavy atom. The summed E-state index contributed by atoms with van der Waals surface area (Å²) in [6, 6.07) is 7.83. The molecule has 0 fully saturated rings. The fourth-order valence-electron chi connectivity index (χ4n) is 2.66. The lowest BCUT2D eigenvalue weighted by molar-refractivity contribution is -0.387. The Labute approximate surface area is 171 Å². The highest BCUT2D eigenvalue weighted by Gasteiger charge is 2.22. The summed E-state index contributed by atoms with van der Waals surface area (Å²) in [7, 11) is 5.50. The summed E-state index contributed by atoms with van der Waals surface area (Å²) in [5.74, 6) is 0.318. The van der Waals surface area contributed by atoms with Crippen LogP contribution >= 0.6 is 11.8 Å². The average molecular weight is 416 g/mol. The molecule has 2 aromatic heterocycles. The SMILES string of the molecule is CN(C)C(CNC(=O)c1ccc(Sc2nncn2C)c([N+](=O)[O-])c1)c1ccco1. The lowest BCUT2D eigenvalue weighted by Crippen LogP contribution is -2.34. The van der Waals surface area contributed by atoms with E-state index in [2.05, 4.69) is 15.5 Å². The van der Waals surface area contributed by atoms with Crippen molar-refractivity contribution < 1.29 is 14.1 Å². The molecule has 0 aliphatic heterocycles. The van der Waals surface area contributed by atoms with E-state index in [1.165, 1.54) is 12.4 Å². The number of hydrogen-bond acceptors (Lipinski definition) is 8. The molecule has 1 N–H and O–H groups in total. The van der Waals surface area contributed by atoms with Gasteiger partial charge in [-0.2, -0.15) is 0 Å². The molecule has 152 valence electrons. The van der Waals surface area contributed by atoms with Crippen molar-refractivity contribution in [3.8, 4) is 0 Å². The van der Waals surface area contributed by atoms with Crippen molar-refractivity contribution in [3.63, 3.8) is 0 Å². The van der Waals surface area contributed by atoms with E-state index in [0.29, 0.717) is 16.6 Å². The summed E-state index contributed by atoms with van der Waals surface area (Å²) in [6.07, 6.45) is 3.08. The third-order valence-electron chi connectivity index (χ3n) is 4.24. The molecule has 0 bridgehead atoms. The molecule has 0 saturated carbocycles. The summed E-state index contributed by atoms with van der Waals surface area (Å²) >= 11 is 1.11. The lowest BCUT2D eigenvalue weighted by atomic mass is 10.1. The molecular formula is C18H20N6O4S. The number of rotatable bonds is 8. The molecule has 1 aromatic carbocycles. The Kier molecular flexibility index (Phi) is 6.29. The molecule has 3 rings (SSSR count). The molecule has 0 spiro atoms. The monoisotopic (exact) mass is 416 g/mol. The Balaban J connectivity index is 1.76. The molecule has 3 aromatic rings. The minimum Gasteiger partial charge on any atom is -0.468 e. The summed E-state index contributed by atoms with van der Waals surface area (Å²) in [6.45, 7) is 0.294. The van der Waals surface area contributed by atoms with Gasteiger partial charge in [0.1, 0.15) is 12.1 Å². The number of benzene rings is 1. The third kappa shape index (κ3) is 4.81. The number of amides is 1. The van der Waals surface area contributed by atoms with Crippen LogP contribution in [0, 0.1) is 10.1 Å². The van der Waals surface area contributed by atoms with Gasteiger partial charge in [-0.1, -0.05) is 0 Å². The first kappa shape index (κ1) is 20.6. The van der Waals surface area contributed by atoms with Crippen molar-refractivity contribution in [1.82, 2.24) is 25.0 Å². The molecule has 29 heavy (non-hydrogen) atoms. The van der Waals surface area contributed by atoms with E-state index < -0.39 is 10.8 Å². The fourth-order valence-corrected chi connectivity index (χ4v) is 3.51. The second kappa shape index (κ2) is 8.88. The van der Waals surface area contributed by atoms with Gasteiger partial charge in [0.05, 0.1) is 22.1 Å². The summed E-state index contributed by atoms with van der Waals surface area (Å²) in [5, 5.41) is 22.5. The van der Waals surface area contributed by atoms with Crippen molar-refractivity contribution in [3.05, 3.63) is 64.4 Å². The summed E-state index contributed by atoms with van der Waals surface area (Å²) in [4.78, 5) is 25.9. The average Bonchev–Trinajstić information content (AvgIpc) is 3.34. The molecule has 1 amide bonds. The predicted octanol–water partition coefficient (Wildman–Crippen LogP) is 2.50. The van der Waals surface area contributed by atoms with Crippen molar-refractivity contribution in [1.29, 1.82) is 0 Å². The largest absolute Gasteiger partial charge is 0.468 e. The van der Waals surface area contributed by atoms with Crippen molar-refractivity contribution >= 4 is 23.4 Å². The van der Waals surface area contributed by atoms with Gasteiger partial charge >= 0.3 is 0 Å². The van der Waals surface area contributed by atoms with Crippen molar-refractivity contribution in [2.75, 3.05) is 20.6 Å². The fraction of sp³-hybridized carbons (Fsp3) is 0.278. The number of nitrogens with one attached hydrogen (secondary N) is 1. The zero-order valence-electron chi connectivity index (χ0n) is 16.1. The van der Waals surface area contributed by atoms with Gasteiger partial charge < -0.3 is 14.3 Å². The number of nitro groups is 1. The van der Waals surface area contributed by atoms with Crippen LogP contribution in [0.25, 0.3) is 0 Å². The van der Waals surface area contributed by atoms with Crippen molar-refractivity contribution in [2.45, 2.75) is 16.1 Å². The Morgan fingerprint density at radius 2 is 2.21 bits per heavy atom. The van der Waals surface area contributed by atoms with E-state index in [0.717, 1.165) is 17.5 Å². The van der Waals surface area contributed by atoms with Gasteiger partial charge in [0.2, 0.25) is 0 Å². The van der Waals surface area contributed by atoms with Crippen LogP contribution in [0.3, 0.4) is 0 Å². The van der Waals surface area contributed by atoms with Gasteiger partial charge in [-0.3, -0.25) is 19.8 Å². The van der Waals surface area contributed by atoms with Gasteiger partial charge in [0, 0.05) is 25.2 Å². The minimum atomic E-state index is -0.513. The zero-order valence-corrected chi connectivity index (χ0v) is 16.9. The van der Waals surface area contributed by atoms with Crippen LogP contribution in [0.5, 0.6) is 0 Å². The zero-order chi connectivity index (χ0) is 21.0. The van der Waals surface area contributed by atoms with Gasteiger partial charge in [0.15, 0.2) is 5.16 Å². The van der Waals surface area contributed by atoms with E-state index in [-0.39, 0.29) is 17.3 Å². The number of nitro benzene ring substituents is 1. The van der Waals surface area contributed by atoms with E-state index in [9.17, 15) is 14.9 Å². The number of aryl methyl sites for hydroxylation is 1. The van der Waals surface area contributed by atoms with Gasteiger partial charge in [0.25, 0.3) is 11.6 Å². The van der Waals surface area contributed by atoms with Crippen LogP contribution in [-0.4, -0.2) is 51.1 Å². The van der Waals surface area contributed by atoms with Gasteiger partial charge in [-0.15, -0.1) is 10.2 Å². The first-order valence-electron chi connectivity index (χ1n) is 8.65. The van der Waals surface area contributed by atoms with E-state index in [4.69, 9.17) is 4.42 Å². The minimum absolute atomic E-state index is 0.158. The van der Waals surface area contributed by atoms with Crippen LogP contribution in [-0.2, 0) is 7.05 Å². The van der Waals surface area contributed by atoms with Crippen LogP contribution < -0.4 is 5.32 Å². The number of hydrogen-bond donors (Lipinski definition) is 1. The quantitative estimate of drug-likeness (QED) is 0.439. The maximum absolute atomic E-state index is 12.6. The van der Waals surface area contributed by atoms with Crippen molar-refractivity contribution in [2.24, 2.45) is 7.05 Å². The molecule has 0 saturated heterocycles. The Hall–Kier alpha value is -3.18. The highest BCUT2D eigenvalue weighted by Crippen LogP contribution is 2.34. The third-order valence-corrected chi connectivity index (χ3v) is 5.36. The Bertz CT molecular complexity index is 1000. The summed E-state index contributed by atoms with van der Waals surface area (Å²) < 4.78 is 7.08. The number of furan rings is 1. The highest BCUT2D eigenvalue weighted by atomic mass is 32.2. The molecule has 0 aliphatic rings. The number of nitrogens with zero attached hydrogens (tertiary/aromatic N) is 5. The molecular weight excluding hydrogens is 396 g/mol. The normalized spacial score (nSPS) is 12.1. The lowest BCUT2D eigenvalue weighted by Gasteiger charge is -2.22. The maximum atomic E-state index is 12.6.